The van der Waals surface area contributed by atoms with Crippen LogP contribution in [0.4, 0.5) is 0 Å². The number of aliphatic hydroxyl groups is 1. The first-order chi connectivity index (χ1) is 7.92. The van der Waals surface area contributed by atoms with Crippen LogP contribution in [0.5, 0.6) is 0 Å². The van der Waals surface area contributed by atoms with Crippen LogP contribution >= 0.6 is 0 Å². The summed E-state index contributed by atoms with van der Waals surface area (Å²) in [5.41, 5.74) is 5.59. The fourth-order valence-corrected chi connectivity index (χ4v) is 4.26. The summed E-state index contributed by atoms with van der Waals surface area (Å²) in [5, 5.41) is 11.1. The normalized spacial score (nSPS) is 51.7. The fraction of sp³-hybridized carbons (Fsp3) is 1.00. The highest BCUT2D eigenvalue weighted by Crippen LogP contribution is 2.54. The minimum absolute atomic E-state index is 0.0147. The highest BCUT2D eigenvalue weighted by atomic mass is 16.3. The maximum atomic E-state index is 11.1. The van der Waals surface area contributed by atoms with Gasteiger partial charge < -0.3 is 10.8 Å². The average molecular weight is 239 g/mol. The molecule has 0 saturated heterocycles. The first-order valence-corrected chi connectivity index (χ1v) is 7.35. The second kappa shape index (κ2) is 4.55. The molecule has 2 fully saturated rings. The van der Waals surface area contributed by atoms with E-state index in [0.29, 0.717) is 12.5 Å². The molecule has 100 valence electrons. The maximum absolute atomic E-state index is 11.1. The van der Waals surface area contributed by atoms with E-state index in [0.717, 1.165) is 43.9 Å². The molecule has 0 amide bonds. The van der Waals surface area contributed by atoms with Crippen LogP contribution in [0.1, 0.15) is 59.3 Å². The third-order valence-electron chi connectivity index (χ3n) is 5.88. The lowest BCUT2D eigenvalue weighted by molar-refractivity contribution is -0.124. The largest absolute Gasteiger partial charge is 0.389 e. The summed E-state index contributed by atoms with van der Waals surface area (Å²) in [6.45, 7) is 7.57. The molecule has 2 rings (SSSR count). The van der Waals surface area contributed by atoms with E-state index in [4.69, 9.17) is 5.73 Å². The van der Waals surface area contributed by atoms with Crippen LogP contribution in [-0.4, -0.2) is 17.3 Å². The van der Waals surface area contributed by atoms with Crippen LogP contribution in [0.25, 0.3) is 0 Å². The number of rotatable bonds is 2. The molecule has 5 unspecified atom stereocenters. The molecular formula is C15H29NO. The van der Waals surface area contributed by atoms with E-state index in [1.807, 2.05) is 0 Å². The van der Waals surface area contributed by atoms with Gasteiger partial charge in [-0.15, -0.1) is 0 Å². The predicted octanol–water partition coefficient (Wildman–Crippen LogP) is 2.94. The van der Waals surface area contributed by atoms with Crippen molar-refractivity contribution in [2.45, 2.75) is 64.9 Å². The van der Waals surface area contributed by atoms with Gasteiger partial charge in [-0.25, -0.2) is 0 Å². The SMILES string of the molecule is CC1CCC(CN)(C2(O)CCC(C)C(C)C2)C1. The summed E-state index contributed by atoms with van der Waals surface area (Å²) in [5.74, 6) is 2.12. The number of hydrogen-bond acceptors (Lipinski definition) is 2. The zero-order chi connectivity index (χ0) is 12.7. The predicted molar refractivity (Wildman–Crippen MR) is 71.6 cm³/mol. The van der Waals surface area contributed by atoms with Gasteiger partial charge in [-0.1, -0.05) is 27.2 Å². The highest BCUT2D eigenvalue weighted by molar-refractivity contribution is 5.06. The Bertz CT molecular complexity index is 280. The molecule has 3 N–H and O–H groups in total. The van der Waals surface area contributed by atoms with Crippen molar-refractivity contribution in [1.82, 2.24) is 0 Å². The molecule has 2 saturated carbocycles. The molecule has 0 aromatic heterocycles. The number of nitrogens with two attached hydrogens (primary N) is 1. The summed E-state index contributed by atoms with van der Waals surface area (Å²) >= 11 is 0. The van der Waals surface area contributed by atoms with E-state index in [2.05, 4.69) is 20.8 Å². The first kappa shape index (κ1) is 13.4. The molecule has 0 bridgehead atoms. The molecule has 0 aromatic carbocycles. The Hall–Kier alpha value is -0.0800. The van der Waals surface area contributed by atoms with Gasteiger partial charge in [0.05, 0.1) is 5.60 Å². The first-order valence-electron chi connectivity index (χ1n) is 7.35. The molecular weight excluding hydrogens is 210 g/mol. The molecule has 2 heteroatoms. The van der Waals surface area contributed by atoms with E-state index >= 15 is 0 Å². The summed E-state index contributed by atoms with van der Waals surface area (Å²) in [7, 11) is 0. The zero-order valence-corrected chi connectivity index (χ0v) is 11.7. The van der Waals surface area contributed by atoms with E-state index in [1.165, 1.54) is 6.42 Å². The van der Waals surface area contributed by atoms with E-state index in [-0.39, 0.29) is 5.41 Å². The fourth-order valence-electron chi connectivity index (χ4n) is 4.26. The molecule has 2 aliphatic carbocycles. The van der Waals surface area contributed by atoms with Gasteiger partial charge >= 0.3 is 0 Å². The van der Waals surface area contributed by atoms with Crippen LogP contribution < -0.4 is 5.73 Å². The third kappa shape index (κ3) is 2.15. The van der Waals surface area contributed by atoms with E-state index < -0.39 is 5.60 Å². The highest BCUT2D eigenvalue weighted by Gasteiger charge is 2.54. The summed E-state index contributed by atoms with van der Waals surface area (Å²) in [4.78, 5) is 0. The standard InChI is InChI=1S/C15H29NO/c1-11-4-6-14(8-11,10-16)15(17)7-5-12(2)13(3)9-15/h11-13,17H,4-10,16H2,1-3H3. The third-order valence-corrected chi connectivity index (χ3v) is 5.88. The van der Waals surface area contributed by atoms with Crippen molar-refractivity contribution in [3.8, 4) is 0 Å². The van der Waals surface area contributed by atoms with Crippen molar-refractivity contribution >= 4 is 0 Å². The van der Waals surface area contributed by atoms with Crippen molar-refractivity contribution in [2.24, 2.45) is 28.9 Å². The smallest absolute Gasteiger partial charge is 0.0718 e. The molecule has 0 heterocycles. The monoisotopic (exact) mass is 239 g/mol. The summed E-state index contributed by atoms with van der Waals surface area (Å²) < 4.78 is 0. The Morgan fingerprint density at radius 1 is 1.06 bits per heavy atom. The minimum atomic E-state index is -0.488. The van der Waals surface area contributed by atoms with Gasteiger partial charge in [-0.05, 0) is 49.9 Å². The Labute approximate surface area is 106 Å². The second-order valence-corrected chi connectivity index (χ2v) is 7.06. The lowest BCUT2D eigenvalue weighted by Crippen LogP contribution is -2.54. The second-order valence-electron chi connectivity index (χ2n) is 7.06. The van der Waals surface area contributed by atoms with Crippen LogP contribution in [-0.2, 0) is 0 Å². The van der Waals surface area contributed by atoms with Gasteiger partial charge in [0.25, 0.3) is 0 Å². The van der Waals surface area contributed by atoms with Crippen molar-refractivity contribution in [1.29, 1.82) is 0 Å². The maximum Gasteiger partial charge on any atom is 0.0718 e. The van der Waals surface area contributed by atoms with Gasteiger partial charge in [-0.2, -0.15) is 0 Å². The van der Waals surface area contributed by atoms with Crippen LogP contribution in [0.2, 0.25) is 0 Å². The Morgan fingerprint density at radius 3 is 2.24 bits per heavy atom. The Morgan fingerprint density at radius 2 is 1.76 bits per heavy atom. The molecule has 2 aliphatic rings. The van der Waals surface area contributed by atoms with E-state index in [1.54, 1.807) is 0 Å². The summed E-state index contributed by atoms with van der Waals surface area (Å²) in [6.07, 6.45) is 6.57. The van der Waals surface area contributed by atoms with Gasteiger partial charge in [0.1, 0.15) is 0 Å². The van der Waals surface area contributed by atoms with Gasteiger partial charge in [0, 0.05) is 12.0 Å². The van der Waals surface area contributed by atoms with Crippen molar-refractivity contribution in [2.75, 3.05) is 6.54 Å². The molecule has 0 radical (unpaired) electrons. The van der Waals surface area contributed by atoms with Crippen LogP contribution in [0, 0.1) is 23.2 Å². The average Bonchev–Trinajstić information content (AvgIpc) is 2.68. The Balaban J connectivity index is 2.19. The topological polar surface area (TPSA) is 46.2 Å². The molecule has 0 spiro atoms. The van der Waals surface area contributed by atoms with Gasteiger partial charge in [-0.3, -0.25) is 0 Å². The van der Waals surface area contributed by atoms with Gasteiger partial charge in [0.15, 0.2) is 0 Å². The molecule has 0 aliphatic heterocycles. The van der Waals surface area contributed by atoms with Crippen LogP contribution in [0.3, 0.4) is 0 Å². The lowest BCUT2D eigenvalue weighted by atomic mass is 9.60. The molecule has 0 aromatic rings. The number of hydrogen-bond donors (Lipinski definition) is 2. The Kier molecular flexibility index (Phi) is 3.57. The van der Waals surface area contributed by atoms with E-state index in [9.17, 15) is 5.11 Å². The summed E-state index contributed by atoms with van der Waals surface area (Å²) in [6, 6.07) is 0. The van der Waals surface area contributed by atoms with Crippen LogP contribution in [0.15, 0.2) is 0 Å². The van der Waals surface area contributed by atoms with Gasteiger partial charge in [0.2, 0.25) is 0 Å². The molecule has 5 atom stereocenters. The molecule has 2 nitrogen and oxygen atoms in total. The lowest BCUT2D eigenvalue weighted by Gasteiger charge is -2.50. The quantitative estimate of drug-likeness (QED) is 0.778. The van der Waals surface area contributed by atoms with Crippen molar-refractivity contribution < 1.29 is 5.11 Å². The molecule has 17 heavy (non-hydrogen) atoms. The van der Waals surface area contributed by atoms with Crippen molar-refractivity contribution in [3.05, 3.63) is 0 Å². The zero-order valence-electron chi connectivity index (χ0n) is 11.7. The minimum Gasteiger partial charge on any atom is -0.389 e. The van der Waals surface area contributed by atoms with Crippen molar-refractivity contribution in [3.63, 3.8) is 0 Å².